The van der Waals surface area contributed by atoms with Gasteiger partial charge in [0.25, 0.3) is 5.91 Å². The van der Waals surface area contributed by atoms with Gasteiger partial charge in [-0.25, -0.2) is 10.8 Å². The van der Waals surface area contributed by atoms with Crippen LogP contribution in [0.3, 0.4) is 0 Å². The summed E-state index contributed by atoms with van der Waals surface area (Å²) in [6, 6.07) is 5.91. The Morgan fingerprint density at radius 2 is 2.00 bits per heavy atom. The standard InChI is InChI=1S/C24H30N6O.H2/c1-15-4-5-20(13-22(15)23-16(2)27-17(3)28-23)24(31)29-9-6-18(7-10-29)19-8-11-30(26)21(12-19)14-25;/h4-5,8,11-14,18H,6-7,9-10,25-26H2,1-3H3,(H,27,28);1H/b21-14-;. The molecule has 4 rings (SSSR count). The first-order chi connectivity index (χ1) is 14.9. The van der Waals surface area contributed by atoms with Gasteiger partial charge in [0, 0.05) is 43.7 Å². The van der Waals surface area contributed by atoms with Gasteiger partial charge in [0.05, 0.1) is 11.4 Å². The minimum absolute atomic E-state index is 0. The van der Waals surface area contributed by atoms with E-state index in [2.05, 4.69) is 16.9 Å². The molecule has 2 aromatic rings. The SMILES string of the molecule is Cc1nc(-c2cc(C(=O)N3CCC(C4=C/C(=C/N)N(N)C=C4)CC3)ccc2C)c(C)[nH]1.[HH]. The number of aromatic nitrogens is 2. The average Bonchev–Trinajstić information content (AvgIpc) is 3.11. The number of allylic oxidation sites excluding steroid dienone is 3. The maximum absolute atomic E-state index is 13.2. The van der Waals surface area contributed by atoms with Gasteiger partial charge in [0.15, 0.2) is 0 Å². The number of piperidine rings is 1. The smallest absolute Gasteiger partial charge is 0.253 e. The lowest BCUT2D eigenvalue weighted by atomic mass is 9.87. The normalized spacial score (nSPS) is 18.6. The van der Waals surface area contributed by atoms with Gasteiger partial charge in [0.2, 0.25) is 0 Å². The second-order valence-corrected chi connectivity index (χ2v) is 8.35. The predicted octanol–water partition coefficient (Wildman–Crippen LogP) is 3.53. The van der Waals surface area contributed by atoms with Gasteiger partial charge in [-0.05, 0) is 75.0 Å². The summed E-state index contributed by atoms with van der Waals surface area (Å²) in [5.74, 6) is 7.23. The third kappa shape index (κ3) is 4.14. The Morgan fingerprint density at radius 3 is 2.65 bits per heavy atom. The quantitative estimate of drug-likeness (QED) is 0.659. The first kappa shape index (κ1) is 20.9. The Labute approximate surface area is 184 Å². The number of nitrogens with one attached hydrogen (secondary N) is 1. The molecule has 0 aliphatic carbocycles. The van der Waals surface area contributed by atoms with E-state index < -0.39 is 0 Å². The van der Waals surface area contributed by atoms with E-state index in [0.29, 0.717) is 11.5 Å². The van der Waals surface area contributed by atoms with Crippen LogP contribution in [0.5, 0.6) is 0 Å². The van der Waals surface area contributed by atoms with Gasteiger partial charge in [-0.3, -0.25) is 9.80 Å². The number of nitrogens with zero attached hydrogens (tertiary/aromatic N) is 3. The van der Waals surface area contributed by atoms with Crippen molar-refractivity contribution >= 4 is 5.91 Å². The van der Waals surface area contributed by atoms with Crippen LogP contribution in [-0.2, 0) is 0 Å². The summed E-state index contributed by atoms with van der Waals surface area (Å²) in [6.45, 7) is 7.46. The summed E-state index contributed by atoms with van der Waals surface area (Å²) in [5, 5.41) is 1.51. The second-order valence-electron chi connectivity index (χ2n) is 8.35. The number of nitrogens with two attached hydrogens (primary N) is 2. The fourth-order valence-corrected chi connectivity index (χ4v) is 4.41. The summed E-state index contributed by atoms with van der Waals surface area (Å²) in [7, 11) is 0. The van der Waals surface area contributed by atoms with E-state index in [1.807, 2.05) is 55.3 Å². The zero-order valence-corrected chi connectivity index (χ0v) is 18.4. The molecule has 2 aliphatic rings. The van der Waals surface area contributed by atoms with Crippen molar-refractivity contribution in [3.8, 4) is 11.3 Å². The molecule has 2 aliphatic heterocycles. The molecule has 7 heteroatoms. The van der Waals surface area contributed by atoms with Gasteiger partial charge < -0.3 is 15.6 Å². The van der Waals surface area contributed by atoms with Crippen LogP contribution in [0, 0.1) is 26.7 Å². The van der Waals surface area contributed by atoms with Crippen molar-refractivity contribution in [2.45, 2.75) is 33.6 Å². The molecule has 1 amide bonds. The average molecular weight is 421 g/mol. The maximum atomic E-state index is 13.2. The Kier molecular flexibility index (Phi) is 5.69. The number of benzene rings is 1. The molecule has 1 aromatic heterocycles. The Hall–Kier alpha value is -3.32. The molecule has 5 N–H and O–H groups in total. The van der Waals surface area contributed by atoms with Crippen LogP contribution < -0.4 is 11.6 Å². The molecule has 1 saturated heterocycles. The van der Waals surface area contributed by atoms with Crippen molar-refractivity contribution in [2.75, 3.05) is 13.1 Å². The fraction of sp³-hybridized carbons (Fsp3) is 0.333. The Morgan fingerprint density at radius 1 is 1.26 bits per heavy atom. The zero-order valence-electron chi connectivity index (χ0n) is 18.4. The molecular weight excluding hydrogens is 388 g/mol. The molecule has 1 aromatic carbocycles. The number of H-pyrrole nitrogens is 1. The largest absolute Gasteiger partial charge is 0.403 e. The lowest BCUT2D eigenvalue weighted by molar-refractivity contribution is 0.0703. The van der Waals surface area contributed by atoms with Crippen LogP contribution in [0.15, 0.2) is 54.0 Å². The van der Waals surface area contributed by atoms with Gasteiger partial charge in [-0.1, -0.05) is 6.07 Å². The van der Waals surface area contributed by atoms with E-state index in [0.717, 1.165) is 60.0 Å². The number of carbonyl (C=O) groups excluding carboxylic acids is 1. The highest BCUT2D eigenvalue weighted by atomic mass is 16.2. The van der Waals surface area contributed by atoms with Crippen LogP contribution in [0.2, 0.25) is 0 Å². The maximum Gasteiger partial charge on any atom is 0.253 e. The first-order valence-corrected chi connectivity index (χ1v) is 10.7. The second kappa shape index (κ2) is 8.43. The van der Waals surface area contributed by atoms with Crippen LogP contribution in [0.4, 0.5) is 0 Å². The van der Waals surface area contributed by atoms with Crippen molar-refractivity contribution in [1.29, 1.82) is 0 Å². The monoisotopic (exact) mass is 420 g/mol. The predicted molar refractivity (Wildman–Crippen MR) is 124 cm³/mol. The number of hydrogen-bond acceptors (Lipinski definition) is 5. The number of likely N-dealkylation sites (tertiary alicyclic amines) is 1. The summed E-state index contributed by atoms with van der Waals surface area (Å²) in [5.41, 5.74) is 12.4. The third-order valence-corrected chi connectivity index (χ3v) is 6.21. The number of carbonyl (C=O) groups is 1. The highest BCUT2D eigenvalue weighted by Gasteiger charge is 2.26. The molecule has 1 fully saturated rings. The number of imidazole rings is 1. The molecule has 3 heterocycles. The number of hydrazine groups is 1. The van der Waals surface area contributed by atoms with Gasteiger partial charge in [-0.15, -0.1) is 0 Å². The lowest BCUT2D eigenvalue weighted by Gasteiger charge is -2.34. The number of aryl methyl sites for hydroxylation is 3. The van der Waals surface area contributed by atoms with E-state index >= 15 is 0 Å². The molecule has 31 heavy (non-hydrogen) atoms. The molecule has 0 radical (unpaired) electrons. The Bertz CT molecular complexity index is 1090. The van der Waals surface area contributed by atoms with Gasteiger partial charge in [-0.2, -0.15) is 0 Å². The van der Waals surface area contributed by atoms with Crippen LogP contribution in [0.1, 0.15) is 41.7 Å². The summed E-state index contributed by atoms with van der Waals surface area (Å²) >= 11 is 0. The van der Waals surface area contributed by atoms with E-state index in [4.69, 9.17) is 11.6 Å². The van der Waals surface area contributed by atoms with Crippen molar-refractivity contribution < 1.29 is 6.22 Å². The highest BCUT2D eigenvalue weighted by molar-refractivity contribution is 5.95. The number of rotatable bonds is 3. The van der Waals surface area contributed by atoms with Crippen molar-refractivity contribution in [2.24, 2.45) is 17.5 Å². The molecule has 0 unspecified atom stereocenters. The number of aromatic amines is 1. The summed E-state index contributed by atoms with van der Waals surface area (Å²) in [4.78, 5) is 23.1. The first-order valence-electron chi connectivity index (χ1n) is 10.7. The number of hydrogen-bond donors (Lipinski definition) is 3. The highest BCUT2D eigenvalue weighted by Crippen LogP contribution is 2.31. The molecule has 164 valence electrons. The topological polar surface area (TPSA) is 104 Å². The van der Waals surface area contributed by atoms with E-state index in [1.165, 1.54) is 16.8 Å². The fourth-order valence-electron chi connectivity index (χ4n) is 4.41. The molecule has 0 bridgehead atoms. The Balaban J connectivity index is 0.00000289. The summed E-state index contributed by atoms with van der Waals surface area (Å²) < 4.78 is 0. The minimum Gasteiger partial charge on any atom is -0.403 e. The zero-order chi connectivity index (χ0) is 22.1. The third-order valence-electron chi connectivity index (χ3n) is 6.21. The molecule has 7 nitrogen and oxygen atoms in total. The van der Waals surface area contributed by atoms with E-state index in [-0.39, 0.29) is 7.33 Å². The van der Waals surface area contributed by atoms with E-state index in [1.54, 1.807) is 0 Å². The van der Waals surface area contributed by atoms with Crippen LogP contribution >= 0.6 is 0 Å². The van der Waals surface area contributed by atoms with Gasteiger partial charge in [0.1, 0.15) is 5.82 Å². The van der Waals surface area contributed by atoms with Gasteiger partial charge >= 0.3 is 0 Å². The molecular formula is C24H32N6O. The lowest BCUT2D eigenvalue weighted by Crippen LogP contribution is -2.39. The van der Waals surface area contributed by atoms with Crippen LogP contribution in [-0.4, -0.2) is 38.9 Å². The van der Waals surface area contributed by atoms with E-state index in [9.17, 15) is 4.79 Å². The van der Waals surface area contributed by atoms with Crippen molar-refractivity contribution in [1.82, 2.24) is 19.9 Å². The minimum atomic E-state index is 0. The molecule has 0 atom stereocenters. The molecule has 0 spiro atoms. The molecule has 0 saturated carbocycles. The van der Waals surface area contributed by atoms with Crippen LogP contribution in [0.25, 0.3) is 11.3 Å². The summed E-state index contributed by atoms with van der Waals surface area (Å²) in [6.07, 6.45) is 9.25. The van der Waals surface area contributed by atoms with Crippen molar-refractivity contribution in [3.05, 3.63) is 76.7 Å². The number of amides is 1. The van der Waals surface area contributed by atoms with Crippen molar-refractivity contribution in [3.63, 3.8) is 0 Å².